The molecule has 2 aromatic heterocycles. The molecule has 0 aromatic carbocycles. The first-order chi connectivity index (χ1) is 15.9. The lowest BCUT2D eigenvalue weighted by molar-refractivity contribution is 0.107. The lowest BCUT2D eigenvalue weighted by Gasteiger charge is -2.34. The Morgan fingerprint density at radius 1 is 1.18 bits per heavy atom. The third-order valence-corrected chi connectivity index (χ3v) is 8.73. The van der Waals surface area contributed by atoms with Gasteiger partial charge >= 0.3 is 6.01 Å². The smallest absolute Gasteiger partial charge is 0.319 e. The van der Waals surface area contributed by atoms with Gasteiger partial charge in [-0.15, -0.1) is 0 Å². The van der Waals surface area contributed by atoms with Crippen LogP contribution in [0.1, 0.15) is 38.5 Å². The lowest BCUT2D eigenvalue weighted by atomic mass is 9.89. The molecule has 4 saturated heterocycles. The largest absolute Gasteiger partial charge is 0.461 e. The van der Waals surface area contributed by atoms with Crippen LogP contribution in [0.4, 0.5) is 14.6 Å². The second-order valence-electron chi connectivity index (χ2n) is 10.9. The Morgan fingerprint density at radius 2 is 1.97 bits per heavy atom. The monoisotopic (exact) mass is 476 g/mol. The lowest BCUT2D eigenvalue weighted by Crippen LogP contribution is -2.51. The Kier molecular flexibility index (Phi) is 4.41. The van der Waals surface area contributed by atoms with Crippen molar-refractivity contribution < 1.29 is 13.5 Å². The average molecular weight is 477 g/mol. The number of hydrogen-bond donors (Lipinski definition) is 1. The van der Waals surface area contributed by atoms with E-state index in [-0.39, 0.29) is 22.2 Å². The van der Waals surface area contributed by atoms with E-state index in [2.05, 4.69) is 25.1 Å². The number of aromatic nitrogens is 3. The normalized spacial score (nSPS) is 34.4. The van der Waals surface area contributed by atoms with Crippen LogP contribution in [0.5, 0.6) is 6.01 Å². The van der Waals surface area contributed by atoms with Gasteiger partial charge in [0, 0.05) is 50.9 Å². The van der Waals surface area contributed by atoms with E-state index in [0.717, 1.165) is 38.9 Å². The number of nitrogens with zero attached hydrogens (tertiary/aromatic N) is 5. The minimum atomic E-state index is -0.837. The Balaban J connectivity index is 1.23. The summed E-state index contributed by atoms with van der Waals surface area (Å²) in [6.45, 7) is 3.30. The summed E-state index contributed by atoms with van der Waals surface area (Å²) >= 11 is 5.98. The highest BCUT2D eigenvalue weighted by Crippen LogP contribution is 2.60. The number of hydrogen-bond acceptors (Lipinski definition) is 7. The van der Waals surface area contributed by atoms with Crippen molar-refractivity contribution >= 4 is 28.3 Å². The van der Waals surface area contributed by atoms with Crippen LogP contribution in [0.25, 0.3) is 10.9 Å². The van der Waals surface area contributed by atoms with Crippen LogP contribution in [0.2, 0.25) is 5.15 Å². The fourth-order valence-electron chi connectivity index (χ4n) is 6.80. The summed E-state index contributed by atoms with van der Waals surface area (Å²) in [4.78, 5) is 17.6. The molecule has 5 aliphatic rings. The first-order valence-corrected chi connectivity index (χ1v) is 12.3. The van der Waals surface area contributed by atoms with Gasteiger partial charge in [0.2, 0.25) is 0 Å². The molecule has 7 nitrogen and oxygen atoms in total. The third kappa shape index (κ3) is 3.30. The van der Waals surface area contributed by atoms with Crippen molar-refractivity contribution in [3.63, 3.8) is 0 Å². The standard InChI is InChI=1S/C23H27ClF2N6O/c24-19-17(26)18-16(6-27-19)20(31-8-14-1-2-15(9-31)28-14)30-21(29-18)33-12-23-5-13(25)7-32(23)11-22(10-23)3-4-22/h6,13-15,28H,1-5,7-12H2. The second-order valence-corrected chi connectivity index (χ2v) is 11.2. The zero-order valence-corrected chi connectivity index (χ0v) is 19.1. The maximum absolute atomic E-state index is 15.0. The van der Waals surface area contributed by atoms with Gasteiger partial charge < -0.3 is 15.0 Å². The summed E-state index contributed by atoms with van der Waals surface area (Å²) in [5.74, 6) is -0.0336. The predicted molar refractivity (Wildman–Crippen MR) is 120 cm³/mol. The number of alkyl halides is 1. The number of pyridine rings is 1. The van der Waals surface area contributed by atoms with Gasteiger partial charge in [-0.2, -0.15) is 9.97 Å². The zero-order chi connectivity index (χ0) is 22.4. The Hall–Kier alpha value is -1.84. The number of halogens is 3. The molecule has 6 heterocycles. The summed E-state index contributed by atoms with van der Waals surface area (Å²) in [5.41, 5.74) is 0.136. The molecule has 0 radical (unpaired) electrons. The van der Waals surface area contributed by atoms with Crippen LogP contribution >= 0.6 is 11.6 Å². The Bertz CT molecular complexity index is 1120. The van der Waals surface area contributed by atoms with E-state index in [1.807, 2.05) is 0 Å². The van der Waals surface area contributed by atoms with Crippen LogP contribution < -0.4 is 15.0 Å². The van der Waals surface area contributed by atoms with Crippen molar-refractivity contribution in [2.24, 2.45) is 5.41 Å². The zero-order valence-electron chi connectivity index (χ0n) is 18.4. The maximum Gasteiger partial charge on any atom is 0.319 e. The molecule has 1 N–H and O–H groups in total. The minimum absolute atomic E-state index is 0.120. The fraction of sp³-hybridized carbons (Fsp3) is 0.696. The maximum atomic E-state index is 15.0. The number of anilines is 1. The molecule has 1 saturated carbocycles. The molecule has 1 aliphatic carbocycles. The second kappa shape index (κ2) is 7.09. The molecule has 1 spiro atoms. The number of nitrogens with one attached hydrogen (secondary N) is 1. The SMILES string of the molecule is Fc1c(Cl)ncc2c(N3CC4CCC(C3)N4)nc(OCC34CC(F)CN3CC3(CC3)C4)nc12. The summed E-state index contributed by atoms with van der Waals surface area (Å²) in [7, 11) is 0. The Morgan fingerprint density at radius 3 is 2.73 bits per heavy atom. The van der Waals surface area contributed by atoms with E-state index < -0.39 is 12.0 Å². The van der Waals surface area contributed by atoms with Gasteiger partial charge in [-0.05, 0) is 37.5 Å². The number of piperazine rings is 1. The highest BCUT2D eigenvalue weighted by atomic mass is 35.5. The summed E-state index contributed by atoms with van der Waals surface area (Å²) in [6, 6.07) is 0.908. The van der Waals surface area contributed by atoms with E-state index in [0.29, 0.717) is 48.3 Å². The van der Waals surface area contributed by atoms with Gasteiger partial charge in [0.1, 0.15) is 24.1 Å². The highest BCUT2D eigenvalue weighted by Gasteiger charge is 2.62. The fourth-order valence-corrected chi connectivity index (χ4v) is 6.94. The molecule has 2 aromatic rings. The molecule has 4 atom stereocenters. The average Bonchev–Trinajstić information content (AvgIpc) is 3.23. The highest BCUT2D eigenvalue weighted by molar-refractivity contribution is 6.30. The van der Waals surface area contributed by atoms with E-state index in [1.54, 1.807) is 6.20 Å². The van der Waals surface area contributed by atoms with Crippen molar-refractivity contribution in [2.75, 3.05) is 37.7 Å². The van der Waals surface area contributed by atoms with Gasteiger partial charge in [0.05, 0.1) is 10.9 Å². The summed E-state index contributed by atoms with van der Waals surface area (Å²) in [6.07, 6.45) is 6.79. The molecule has 10 heteroatoms. The van der Waals surface area contributed by atoms with E-state index >= 15 is 0 Å². The third-order valence-electron chi connectivity index (χ3n) is 8.47. The first-order valence-electron chi connectivity index (χ1n) is 12.0. The van der Waals surface area contributed by atoms with Crippen LogP contribution in [0.15, 0.2) is 6.20 Å². The molecule has 5 fully saturated rings. The van der Waals surface area contributed by atoms with Crippen LogP contribution in [0.3, 0.4) is 0 Å². The van der Waals surface area contributed by atoms with Gasteiger partial charge in [-0.3, -0.25) is 4.90 Å². The Labute approximate surface area is 195 Å². The van der Waals surface area contributed by atoms with Gasteiger partial charge in [0.15, 0.2) is 11.0 Å². The van der Waals surface area contributed by atoms with Crippen molar-refractivity contribution in [3.05, 3.63) is 17.2 Å². The molecule has 4 unspecified atom stereocenters. The van der Waals surface area contributed by atoms with Gasteiger partial charge in [-0.1, -0.05) is 11.6 Å². The summed E-state index contributed by atoms with van der Waals surface area (Å²) in [5, 5.41) is 3.93. The van der Waals surface area contributed by atoms with Crippen molar-refractivity contribution in [2.45, 2.75) is 62.3 Å². The van der Waals surface area contributed by atoms with Crippen LogP contribution in [-0.4, -0.2) is 76.4 Å². The minimum Gasteiger partial charge on any atom is -0.461 e. The number of ether oxygens (including phenoxy) is 1. The van der Waals surface area contributed by atoms with E-state index in [9.17, 15) is 8.78 Å². The number of fused-ring (bicyclic) bond motifs is 4. The molecular weight excluding hydrogens is 450 g/mol. The predicted octanol–water partition coefficient (Wildman–Crippen LogP) is 3.10. The summed E-state index contributed by atoms with van der Waals surface area (Å²) < 4.78 is 35.5. The molecule has 33 heavy (non-hydrogen) atoms. The van der Waals surface area contributed by atoms with Crippen molar-refractivity contribution in [1.82, 2.24) is 25.2 Å². The van der Waals surface area contributed by atoms with Crippen molar-refractivity contribution in [3.8, 4) is 6.01 Å². The van der Waals surface area contributed by atoms with E-state index in [4.69, 9.17) is 21.3 Å². The van der Waals surface area contributed by atoms with Crippen molar-refractivity contribution in [1.29, 1.82) is 0 Å². The molecular formula is C23H27ClF2N6O. The quantitative estimate of drug-likeness (QED) is 0.680. The molecule has 4 aliphatic heterocycles. The van der Waals surface area contributed by atoms with Crippen LogP contribution in [0, 0.1) is 11.2 Å². The topological polar surface area (TPSA) is 66.4 Å². The van der Waals surface area contributed by atoms with Gasteiger partial charge in [0.25, 0.3) is 0 Å². The van der Waals surface area contributed by atoms with E-state index in [1.165, 1.54) is 12.8 Å². The van der Waals surface area contributed by atoms with Gasteiger partial charge in [-0.25, -0.2) is 13.8 Å². The molecule has 176 valence electrons. The first kappa shape index (κ1) is 20.5. The molecule has 7 rings (SSSR count). The van der Waals surface area contributed by atoms with Crippen LogP contribution in [-0.2, 0) is 0 Å². The molecule has 2 bridgehead atoms. The number of rotatable bonds is 4. The molecule has 0 amide bonds.